The summed E-state index contributed by atoms with van der Waals surface area (Å²) >= 11 is 0. The van der Waals surface area contributed by atoms with Gasteiger partial charge in [0.25, 0.3) is 5.91 Å². The van der Waals surface area contributed by atoms with Gasteiger partial charge in [0.15, 0.2) is 0 Å². The lowest BCUT2D eigenvalue weighted by molar-refractivity contribution is -0.129. The fourth-order valence-corrected chi connectivity index (χ4v) is 2.23. The molecule has 1 amide bonds. The quantitative estimate of drug-likeness (QED) is 0.402. The van der Waals surface area contributed by atoms with Gasteiger partial charge in [0.2, 0.25) is 0 Å². The molecule has 0 heterocycles. The van der Waals surface area contributed by atoms with Gasteiger partial charge in [-0.3, -0.25) is 4.79 Å². The van der Waals surface area contributed by atoms with Crippen LogP contribution in [-0.4, -0.2) is 36.1 Å². The SMILES string of the molecule is CC(C)OCCCN/C=C(/C#N)C(=O)N(Cc1ccccc1)C(C)C. The normalized spacial score (nSPS) is 11.5. The predicted octanol–water partition coefficient (Wildman–Crippen LogP) is 3.24. The second kappa shape index (κ2) is 11.3. The monoisotopic (exact) mass is 343 g/mol. The van der Waals surface area contributed by atoms with E-state index in [0.717, 1.165) is 12.0 Å². The molecule has 1 rings (SSSR count). The fourth-order valence-electron chi connectivity index (χ4n) is 2.23. The maximum Gasteiger partial charge on any atom is 0.266 e. The zero-order valence-electron chi connectivity index (χ0n) is 15.7. The molecule has 1 N–H and O–H groups in total. The molecule has 1 aromatic rings. The van der Waals surface area contributed by atoms with Crippen molar-refractivity contribution in [2.75, 3.05) is 13.2 Å². The summed E-state index contributed by atoms with van der Waals surface area (Å²) in [7, 11) is 0. The Bertz CT molecular complexity index is 589. The first kappa shape index (κ1) is 20.7. The zero-order valence-corrected chi connectivity index (χ0v) is 15.7. The minimum absolute atomic E-state index is 0.00361. The minimum Gasteiger partial charge on any atom is -0.390 e. The summed E-state index contributed by atoms with van der Waals surface area (Å²) in [6.45, 7) is 9.68. The van der Waals surface area contributed by atoms with Crippen molar-refractivity contribution < 1.29 is 9.53 Å². The fraction of sp³-hybridized carbons (Fsp3) is 0.500. The molecule has 0 atom stereocenters. The van der Waals surface area contributed by atoms with Gasteiger partial charge in [-0.2, -0.15) is 5.26 Å². The van der Waals surface area contributed by atoms with Crippen LogP contribution >= 0.6 is 0 Å². The first-order valence-corrected chi connectivity index (χ1v) is 8.75. The molecule has 5 nitrogen and oxygen atoms in total. The second-order valence-electron chi connectivity index (χ2n) is 6.41. The number of hydrogen-bond acceptors (Lipinski definition) is 4. The van der Waals surface area contributed by atoms with Crippen molar-refractivity contribution in [3.63, 3.8) is 0 Å². The summed E-state index contributed by atoms with van der Waals surface area (Å²) in [6, 6.07) is 11.8. The van der Waals surface area contributed by atoms with Crippen LogP contribution in [0.5, 0.6) is 0 Å². The average Bonchev–Trinajstić information content (AvgIpc) is 2.59. The van der Waals surface area contributed by atoms with Crippen LogP contribution in [0.2, 0.25) is 0 Å². The number of ether oxygens (including phenoxy) is 1. The maximum atomic E-state index is 12.7. The van der Waals surface area contributed by atoms with E-state index in [1.807, 2.05) is 64.1 Å². The molecule has 0 aromatic heterocycles. The molecule has 25 heavy (non-hydrogen) atoms. The predicted molar refractivity (Wildman–Crippen MR) is 99.5 cm³/mol. The van der Waals surface area contributed by atoms with Crippen molar-refractivity contribution in [1.29, 1.82) is 5.26 Å². The molecule has 136 valence electrons. The molecule has 0 aliphatic rings. The van der Waals surface area contributed by atoms with Crippen LogP contribution in [0.4, 0.5) is 0 Å². The summed E-state index contributed by atoms with van der Waals surface area (Å²) in [6.07, 6.45) is 2.54. The van der Waals surface area contributed by atoms with E-state index in [-0.39, 0.29) is 23.6 Å². The van der Waals surface area contributed by atoms with Crippen molar-refractivity contribution in [3.05, 3.63) is 47.7 Å². The topological polar surface area (TPSA) is 65.4 Å². The zero-order chi connectivity index (χ0) is 18.7. The van der Waals surface area contributed by atoms with Crippen molar-refractivity contribution in [3.8, 4) is 6.07 Å². The molecule has 0 saturated carbocycles. The number of carbonyl (C=O) groups excluding carboxylic acids is 1. The van der Waals surface area contributed by atoms with Crippen LogP contribution in [0.15, 0.2) is 42.1 Å². The molecule has 0 bridgehead atoms. The van der Waals surface area contributed by atoms with E-state index in [1.54, 1.807) is 4.90 Å². The van der Waals surface area contributed by atoms with Crippen molar-refractivity contribution in [1.82, 2.24) is 10.2 Å². The highest BCUT2D eigenvalue weighted by atomic mass is 16.5. The molecule has 0 aliphatic heterocycles. The first-order valence-electron chi connectivity index (χ1n) is 8.75. The molecule has 0 spiro atoms. The molecule has 1 aromatic carbocycles. The number of carbonyl (C=O) groups is 1. The van der Waals surface area contributed by atoms with Crippen LogP contribution < -0.4 is 5.32 Å². The lowest BCUT2D eigenvalue weighted by Gasteiger charge is -2.26. The van der Waals surface area contributed by atoms with Crippen LogP contribution in [0.3, 0.4) is 0 Å². The van der Waals surface area contributed by atoms with Crippen molar-refractivity contribution in [2.24, 2.45) is 0 Å². The van der Waals surface area contributed by atoms with Gasteiger partial charge in [-0.05, 0) is 39.7 Å². The number of benzene rings is 1. The smallest absolute Gasteiger partial charge is 0.266 e. The number of nitrogens with one attached hydrogen (secondary N) is 1. The van der Waals surface area contributed by atoms with E-state index in [4.69, 9.17) is 4.74 Å². The number of amides is 1. The summed E-state index contributed by atoms with van der Waals surface area (Å²) in [5.74, 6) is -0.257. The minimum atomic E-state index is -0.257. The van der Waals surface area contributed by atoms with Gasteiger partial charge in [0.05, 0.1) is 6.10 Å². The highest BCUT2D eigenvalue weighted by Crippen LogP contribution is 2.12. The lowest BCUT2D eigenvalue weighted by atomic mass is 10.1. The van der Waals surface area contributed by atoms with Crippen LogP contribution in [-0.2, 0) is 16.1 Å². The molecule has 5 heteroatoms. The Labute approximate surface area is 151 Å². The standard InChI is InChI=1S/C20H29N3O2/c1-16(2)23(15-18-9-6-5-7-10-18)20(24)19(13-21)14-22-11-8-12-25-17(3)4/h5-7,9-10,14,16-17,22H,8,11-12,15H2,1-4H3/b19-14-. The van der Waals surface area contributed by atoms with Crippen molar-refractivity contribution in [2.45, 2.75) is 52.8 Å². The Hall–Kier alpha value is -2.32. The highest BCUT2D eigenvalue weighted by molar-refractivity contribution is 5.97. The van der Waals surface area contributed by atoms with Gasteiger partial charge in [-0.15, -0.1) is 0 Å². The Balaban J connectivity index is 2.64. The van der Waals surface area contributed by atoms with E-state index in [1.165, 1.54) is 6.20 Å². The number of hydrogen-bond donors (Lipinski definition) is 1. The van der Waals surface area contributed by atoms with Crippen LogP contribution in [0.25, 0.3) is 0 Å². The maximum absolute atomic E-state index is 12.7. The van der Waals surface area contributed by atoms with E-state index in [0.29, 0.717) is 19.7 Å². The number of rotatable bonds is 10. The molecular formula is C20H29N3O2. The van der Waals surface area contributed by atoms with E-state index >= 15 is 0 Å². The summed E-state index contributed by atoms with van der Waals surface area (Å²) in [5, 5.41) is 12.4. The van der Waals surface area contributed by atoms with Gasteiger partial charge < -0.3 is 15.0 Å². The molecule has 0 aliphatic carbocycles. The molecule has 0 radical (unpaired) electrons. The van der Waals surface area contributed by atoms with Gasteiger partial charge in [0, 0.05) is 31.9 Å². The average molecular weight is 343 g/mol. The summed E-state index contributed by atoms with van der Waals surface area (Å²) in [5.41, 5.74) is 1.16. The Kier molecular flexibility index (Phi) is 9.34. The van der Waals surface area contributed by atoms with Gasteiger partial charge in [-0.25, -0.2) is 0 Å². The van der Waals surface area contributed by atoms with Gasteiger partial charge >= 0.3 is 0 Å². The van der Waals surface area contributed by atoms with Crippen molar-refractivity contribution >= 4 is 5.91 Å². The van der Waals surface area contributed by atoms with Gasteiger partial charge in [-0.1, -0.05) is 30.3 Å². The summed E-state index contributed by atoms with van der Waals surface area (Å²) < 4.78 is 5.46. The Morgan fingerprint density at radius 1 is 1.28 bits per heavy atom. The lowest BCUT2D eigenvalue weighted by Crippen LogP contribution is -2.37. The third-order valence-electron chi connectivity index (χ3n) is 3.59. The first-order chi connectivity index (χ1) is 12.0. The Morgan fingerprint density at radius 2 is 1.96 bits per heavy atom. The second-order valence-corrected chi connectivity index (χ2v) is 6.41. The Morgan fingerprint density at radius 3 is 2.52 bits per heavy atom. The largest absolute Gasteiger partial charge is 0.390 e. The van der Waals surface area contributed by atoms with E-state index in [2.05, 4.69) is 5.32 Å². The molecule has 0 fully saturated rings. The third-order valence-corrected chi connectivity index (χ3v) is 3.59. The van der Waals surface area contributed by atoms with Crippen LogP contribution in [0.1, 0.15) is 39.7 Å². The number of nitriles is 1. The molecule has 0 unspecified atom stereocenters. The van der Waals surface area contributed by atoms with Gasteiger partial charge in [0.1, 0.15) is 11.6 Å². The third kappa shape index (κ3) is 7.86. The molecular weight excluding hydrogens is 314 g/mol. The highest BCUT2D eigenvalue weighted by Gasteiger charge is 2.21. The van der Waals surface area contributed by atoms with E-state index < -0.39 is 0 Å². The number of nitrogens with zero attached hydrogens (tertiary/aromatic N) is 2. The van der Waals surface area contributed by atoms with Crippen LogP contribution in [0, 0.1) is 11.3 Å². The van der Waals surface area contributed by atoms with E-state index in [9.17, 15) is 10.1 Å². The summed E-state index contributed by atoms with van der Waals surface area (Å²) in [4.78, 5) is 14.4. The molecule has 0 saturated heterocycles.